The van der Waals surface area contributed by atoms with Crippen molar-refractivity contribution in [1.82, 2.24) is 4.90 Å². The van der Waals surface area contributed by atoms with E-state index in [1.807, 2.05) is 0 Å². The number of hydrogen-bond donors (Lipinski definition) is 0. The van der Waals surface area contributed by atoms with Gasteiger partial charge >= 0.3 is 0 Å². The fraction of sp³-hybridized carbons (Fsp3) is 0.944. The predicted octanol–water partition coefficient (Wildman–Crippen LogP) is 4.09. The van der Waals surface area contributed by atoms with Crippen molar-refractivity contribution < 1.29 is 4.74 Å². The number of likely N-dealkylation sites (N-methyl/N-ethyl adjacent to an activating group) is 1. The Labute approximate surface area is 131 Å². The third-order valence-electron chi connectivity index (χ3n) is 5.46. The third-order valence-corrected chi connectivity index (χ3v) is 5.46. The van der Waals surface area contributed by atoms with Gasteiger partial charge in [0.1, 0.15) is 0 Å². The summed E-state index contributed by atoms with van der Waals surface area (Å²) >= 11 is 0. The van der Waals surface area contributed by atoms with Crippen LogP contribution in [0.3, 0.4) is 0 Å². The van der Waals surface area contributed by atoms with Gasteiger partial charge in [-0.05, 0) is 51.5 Å². The van der Waals surface area contributed by atoms with Gasteiger partial charge in [0.2, 0.25) is 0 Å². The lowest BCUT2D eigenvalue weighted by molar-refractivity contribution is 0.0267. The van der Waals surface area contributed by atoms with Gasteiger partial charge in [-0.3, -0.25) is 4.90 Å². The second-order valence-corrected chi connectivity index (χ2v) is 7.56. The van der Waals surface area contributed by atoms with Crippen molar-refractivity contribution in [2.24, 2.45) is 17.3 Å². The summed E-state index contributed by atoms with van der Waals surface area (Å²) in [6.45, 7) is 12.8. The lowest BCUT2D eigenvalue weighted by atomic mass is 9.66. The first kappa shape index (κ1) is 18.5. The van der Waals surface area contributed by atoms with E-state index in [9.17, 15) is 5.26 Å². The van der Waals surface area contributed by atoms with Crippen LogP contribution in [0.2, 0.25) is 0 Å². The van der Waals surface area contributed by atoms with Gasteiger partial charge < -0.3 is 4.74 Å². The third kappa shape index (κ3) is 5.27. The molecule has 1 rings (SSSR count). The van der Waals surface area contributed by atoms with Crippen molar-refractivity contribution in [2.45, 2.75) is 72.4 Å². The van der Waals surface area contributed by atoms with Gasteiger partial charge in [-0.2, -0.15) is 5.26 Å². The Morgan fingerprint density at radius 2 is 2.00 bits per heavy atom. The molecule has 3 heteroatoms. The molecule has 3 nitrogen and oxygen atoms in total. The molecule has 3 unspecified atom stereocenters. The topological polar surface area (TPSA) is 36.3 Å². The maximum atomic E-state index is 9.46. The predicted molar refractivity (Wildman–Crippen MR) is 88.0 cm³/mol. The molecule has 0 bridgehead atoms. The van der Waals surface area contributed by atoms with Gasteiger partial charge in [0.15, 0.2) is 0 Å². The maximum Gasteiger partial charge on any atom is 0.0672 e. The van der Waals surface area contributed by atoms with Crippen molar-refractivity contribution in [3.8, 4) is 6.07 Å². The molecular formula is C18H34N2O. The second-order valence-electron chi connectivity index (χ2n) is 7.56. The van der Waals surface area contributed by atoms with Gasteiger partial charge in [-0.1, -0.05) is 27.2 Å². The highest BCUT2D eigenvalue weighted by Crippen LogP contribution is 2.43. The van der Waals surface area contributed by atoms with Crippen molar-refractivity contribution in [3.63, 3.8) is 0 Å². The minimum Gasteiger partial charge on any atom is -0.377 e. The molecule has 0 aromatic rings. The van der Waals surface area contributed by atoms with Crippen LogP contribution in [-0.2, 0) is 4.74 Å². The van der Waals surface area contributed by atoms with Crippen molar-refractivity contribution in [2.75, 3.05) is 20.2 Å². The Kier molecular flexibility index (Phi) is 7.16. The quantitative estimate of drug-likeness (QED) is 0.709. The Morgan fingerprint density at radius 1 is 1.33 bits per heavy atom. The molecule has 0 N–H and O–H groups in total. The summed E-state index contributed by atoms with van der Waals surface area (Å²) in [5.41, 5.74) is 0.383. The molecule has 21 heavy (non-hydrogen) atoms. The summed E-state index contributed by atoms with van der Waals surface area (Å²) in [5, 5.41) is 9.46. The average Bonchev–Trinajstić information content (AvgIpc) is 2.45. The van der Waals surface area contributed by atoms with E-state index in [2.05, 4.69) is 52.6 Å². The Bertz CT molecular complexity index is 346. The molecular weight excluding hydrogens is 260 g/mol. The first-order chi connectivity index (χ1) is 9.81. The lowest BCUT2D eigenvalue weighted by Crippen LogP contribution is -2.45. The molecule has 0 heterocycles. The van der Waals surface area contributed by atoms with E-state index < -0.39 is 0 Å². The normalized spacial score (nSPS) is 27.1. The number of hydrogen-bond acceptors (Lipinski definition) is 3. The molecule has 1 fully saturated rings. The van der Waals surface area contributed by atoms with Crippen LogP contribution in [0.1, 0.15) is 60.3 Å². The van der Waals surface area contributed by atoms with Crippen molar-refractivity contribution in [3.05, 3.63) is 0 Å². The summed E-state index contributed by atoms with van der Waals surface area (Å²) < 4.78 is 5.66. The van der Waals surface area contributed by atoms with Gasteiger partial charge in [-0.25, -0.2) is 0 Å². The van der Waals surface area contributed by atoms with Crippen LogP contribution in [-0.4, -0.2) is 37.2 Å². The van der Waals surface area contributed by atoms with Crippen LogP contribution in [0.25, 0.3) is 0 Å². The summed E-state index contributed by atoms with van der Waals surface area (Å²) in [6, 6.07) is 2.93. The molecule has 1 aliphatic rings. The molecule has 3 atom stereocenters. The molecule has 0 spiro atoms. The molecule has 0 aromatic heterocycles. The SMILES string of the molecule is CCC(C)(C)C1CCC(C#N)C(N(C)CCOC(C)C)C1. The Morgan fingerprint density at radius 3 is 2.52 bits per heavy atom. The highest BCUT2D eigenvalue weighted by Gasteiger charge is 2.38. The molecule has 1 saturated carbocycles. The molecule has 122 valence electrons. The van der Waals surface area contributed by atoms with E-state index in [0.29, 0.717) is 11.5 Å². The largest absolute Gasteiger partial charge is 0.377 e. The number of ether oxygens (including phenoxy) is 1. The zero-order valence-electron chi connectivity index (χ0n) is 14.9. The zero-order valence-corrected chi connectivity index (χ0v) is 14.9. The summed E-state index contributed by atoms with van der Waals surface area (Å²) in [5.74, 6) is 0.906. The zero-order chi connectivity index (χ0) is 16.0. The van der Waals surface area contributed by atoms with Crippen LogP contribution >= 0.6 is 0 Å². The average molecular weight is 294 g/mol. The van der Waals surface area contributed by atoms with E-state index in [4.69, 9.17) is 4.74 Å². The second kappa shape index (κ2) is 8.15. The first-order valence-corrected chi connectivity index (χ1v) is 8.53. The molecule has 0 aliphatic heterocycles. The summed E-state index contributed by atoms with van der Waals surface area (Å²) in [7, 11) is 2.15. The van der Waals surface area contributed by atoms with Crippen molar-refractivity contribution >= 4 is 0 Å². The fourth-order valence-corrected chi connectivity index (χ4v) is 3.38. The van der Waals surface area contributed by atoms with E-state index in [-0.39, 0.29) is 12.0 Å². The van der Waals surface area contributed by atoms with Crippen LogP contribution in [0.15, 0.2) is 0 Å². The Hall–Kier alpha value is -0.590. The van der Waals surface area contributed by atoms with Crippen LogP contribution in [0.5, 0.6) is 0 Å². The Balaban J connectivity index is 2.64. The summed E-state index contributed by atoms with van der Waals surface area (Å²) in [4.78, 5) is 2.36. The minimum absolute atomic E-state index is 0.179. The van der Waals surface area contributed by atoms with E-state index >= 15 is 0 Å². The van der Waals surface area contributed by atoms with Gasteiger partial charge in [0.05, 0.1) is 24.7 Å². The smallest absolute Gasteiger partial charge is 0.0672 e. The molecule has 1 aliphatic carbocycles. The van der Waals surface area contributed by atoms with E-state index in [1.54, 1.807) is 0 Å². The summed E-state index contributed by atoms with van der Waals surface area (Å²) in [6.07, 6.45) is 4.89. The fourth-order valence-electron chi connectivity index (χ4n) is 3.38. The first-order valence-electron chi connectivity index (χ1n) is 8.53. The minimum atomic E-state index is 0.179. The number of nitrogens with zero attached hydrogens (tertiary/aromatic N) is 2. The van der Waals surface area contributed by atoms with Crippen LogP contribution < -0.4 is 0 Å². The van der Waals surface area contributed by atoms with Gasteiger partial charge in [0.25, 0.3) is 0 Å². The van der Waals surface area contributed by atoms with Crippen molar-refractivity contribution in [1.29, 1.82) is 5.26 Å². The molecule has 0 aromatic carbocycles. The highest BCUT2D eigenvalue weighted by atomic mass is 16.5. The molecule has 0 saturated heterocycles. The lowest BCUT2D eigenvalue weighted by Gasteiger charge is -2.44. The molecule has 0 radical (unpaired) electrons. The number of nitriles is 1. The van der Waals surface area contributed by atoms with Crippen LogP contribution in [0.4, 0.5) is 0 Å². The number of rotatable bonds is 7. The van der Waals surface area contributed by atoms with Gasteiger partial charge in [-0.15, -0.1) is 0 Å². The molecule has 0 amide bonds. The highest BCUT2D eigenvalue weighted by molar-refractivity contribution is 4.99. The van der Waals surface area contributed by atoms with E-state index in [1.165, 1.54) is 12.8 Å². The standard InChI is InChI=1S/C18H34N2O/c1-7-18(4,5)16-9-8-15(13-19)17(12-16)20(6)10-11-21-14(2)3/h14-17H,7-12H2,1-6H3. The maximum absolute atomic E-state index is 9.46. The van der Waals surface area contributed by atoms with Crippen LogP contribution in [0, 0.1) is 28.6 Å². The monoisotopic (exact) mass is 294 g/mol. The van der Waals surface area contributed by atoms with Gasteiger partial charge in [0, 0.05) is 12.6 Å². The van der Waals surface area contributed by atoms with E-state index in [0.717, 1.165) is 31.9 Å².